The van der Waals surface area contributed by atoms with Gasteiger partial charge in [0.1, 0.15) is 5.75 Å². The molecule has 4 heteroatoms. The summed E-state index contributed by atoms with van der Waals surface area (Å²) >= 11 is 10.5. The minimum Gasteiger partial charge on any atom is -0.496 e. The van der Waals surface area contributed by atoms with Crippen LogP contribution in [0.5, 0.6) is 5.75 Å². The highest BCUT2D eigenvalue weighted by molar-refractivity contribution is 9.10. The van der Waals surface area contributed by atoms with E-state index in [1.54, 1.807) is 7.11 Å². The van der Waals surface area contributed by atoms with Gasteiger partial charge in [0.05, 0.1) is 18.6 Å². The molecule has 2 rings (SSSR count). The third-order valence-corrected chi connectivity index (χ3v) is 5.59. The largest absolute Gasteiger partial charge is 0.496 e. The highest BCUT2D eigenvalue weighted by Crippen LogP contribution is 2.46. The summed E-state index contributed by atoms with van der Waals surface area (Å²) in [5.41, 5.74) is 3.38. The first-order chi connectivity index (χ1) is 9.51. The molecule has 2 nitrogen and oxygen atoms in total. The summed E-state index contributed by atoms with van der Waals surface area (Å²) in [4.78, 5) is 0. The molecule has 1 aromatic carbocycles. The number of hydrogen-bond acceptors (Lipinski definition) is 2. The van der Waals surface area contributed by atoms with Crippen LogP contribution in [0, 0.1) is 19.8 Å². The summed E-state index contributed by atoms with van der Waals surface area (Å²) < 4.78 is 12.5. The zero-order valence-corrected chi connectivity index (χ0v) is 14.8. The van der Waals surface area contributed by atoms with Gasteiger partial charge < -0.3 is 9.47 Å². The van der Waals surface area contributed by atoms with Crippen LogP contribution in [0.15, 0.2) is 10.5 Å². The highest BCUT2D eigenvalue weighted by Gasteiger charge is 2.36. The summed E-state index contributed by atoms with van der Waals surface area (Å²) in [6.07, 6.45) is 2.27. The number of ether oxygens (including phenoxy) is 2. The summed E-state index contributed by atoms with van der Waals surface area (Å²) in [6.45, 7) is 7.11. The average molecular weight is 362 g/mol. The second-order valence-electron chi connectivity index (χ2n) is 5.42. The third kappa shape index (κ3) is 2.86. The maximum absolute atomic E-state index is 6.84. The smallest absolute Gasteiger partial charge is 0.126 e. The monoisotopic (exact) mass is 360 g/mol. The van der Waals surface area contributed by atoms with Crippen LogP contribution >= 0.6 is 27.5 Å². The number of halogens is 2. The minimum absolute atomic E-state index is 0.0754. The Hall–Kier alpha value is -0.250. The van der Waals surface area contributed by atoms with Crippen molar-refractivity contribution in [3.8, 4) is 5.75 Å². The number of alkyl halides is 1. The number of methoxy groups -OCH3 is 1. The topological polar surface area (TPSA) is 18.5 Å². The van der Waals surface area contributed by atoms with Crippen molar-refractivity contribution in [3.05, 3.63) is 27.2 Å². The first-order valence-corrected chi connectivity index (χ1v) is 8.33. The molecule has 1 aliphatic rings. The van der Waals surface area contributed by atoms with Crippen LogP contribution in [0.3, 0.4) is 0 Å². The average Bonchev–Trinajstić information content (AvgIpc) is 2.90. The number of benzene rings is 1. The predicted octanol–water partition coefficient (Wildman–Crippen LogP) is 5.17. The summed E-state index contributed by atoms with van der Waals surface area (Å²) in [6, 6.07) is 2.09. The van der Waals surface area contributed by atoms with E-state index in [2.05, 4.69) is 42.8 Å². The van der Waals surface area contributed by atoms with Crippen LogP contribution in [0.4, 0.5) is 0 Å². The normalized spacial score (nSPS) is 23.9. The van der Waals surface area contributed by atoms with Crippen molar-refractivity contribution in [2.45, 2.75) is 45.1 Å². The standard InChI is InChI=1S/C16H22BrClO2/c1-5-13-11(6-7-20-13)15(18)14-10(3)12(17)8-9(2)16(14)19-4/h8,11,13,15H,5-7H2,1-4H3. The molecule has 1 saturated heterocycles. The molecule has 1 aliphatic heterocycles. The zero-order chi connectivity index (χ0) is 14.9. The minimum atomic E-state index is -0.0754. The van der Waals surface area contributed by atoms with Crippen LogP contribution in [0.2, 0.25) is 0 Å². The van der Waals surface area contributed by atoms with E-state index in [-0.39, 0.29) is 11.5 Å². The van der Waals surface area contributed by atoms with Gasteiger partial charge in [0, 0.05) is 22.6 Å². The van der Waals surface area contributed by atoms with E-state index >= 15 is 0 Å². The molecule has 1 aromatic rings. The Balaban J connectivity index is 2.45. The van der Waals surface area contributed by atoms with Gasteiger partial charge in [-0.25, -0.2) is 0 Å². The third-order valence-electron chi connectivity index (χ3n) is 4.23. The molecule has 20 heavy (non-hydrogen) atoms. The molecule has 1 heterocycles. The van der Waals surface area contributed by atoms with Gasteiger partial charge in [-0.3, -0.25) is 0 Å². The SMILES string of the molecule is CCC1OCCC1C(Cl)c1c(C)c(Br)cc(C)c1OC. The summed E-state index contributed by atoms with van der Waals surface area (Å²) in [7, 11) is 1.71. The first-order valence-electron chi connectivity index (χ1n) is 7.10. The molecule has 1 fully saturated rings. The lowest BCUT2D eigenvalue weighted by Gasteiger charge is -2.26. The zero-order valence-electron chi connectivity index (χ0n) is 12.5. The van der Waals surface area contributed by atoms with E-state index in [0.717, 1.165) is 46.4 Å². The van der Waals surface area contributed by atoms with Crippen molar-refractivity contribution >= 4 is 27.5 Å². The molecule has 0 aliphatic carbocycles. The van der Waals surface area contributed by atoms with Crippen molar-refractivity contribution in [3.63, 3.8) is 0 Å². The Morgan fingerprint density at radius 3 is 2.80 bits per heavy atom. The van der Waals surface area contributed by atoms with Crippen LogP contribution in [-0.2, 0) is 4.74 Å². The lowest BCUT2D eigenvalue weighted by Crippen LogP contribution is -2.20. The van der Waals surface area contributed by atoms with Gasteiger partial charge in [0.25, 0.3) is 0 Å². The molecule has 3 unspecified atom stereocenters. The molecule has 112 valence electrons. The van der Waals surface area contributed by atoms with Crippen LogP contribution in [0.25, 0.3) is 0 Å². The Morgan fingerprint density at radius 1 is 1.50 bits per heavy atom. The lowest BCUT2D eigenvalue weighted by atomic mass is 9.88. The second-order valence-corrected chi connectivity index (χ2v) is 6.74. The van der Waals surface area contributed by atoms with Crippen molar-refractivity contribution in [1.29, 1.82) is 0 Å². The van der Waals surface area contributed by atoms with Crippen molar-refractivity contribution in [1.82, 2.24) is 0 Å². The van der Waals surface area contributed by atoms with Gasteiger partial charge in [-0.05, 0) is 43.9 Å². The van der Waals surface area contributed by atoms with Crippen molar-refractivity contribution < 1.29 is 9.47 Å². The van der Waals surface area contributed by atoms with E-state index in [0.29, 0.717) is 5.92 Å². The fourth-order valence-corrected chi connectivity index (χ4v) is 4.22. The molecule has 0 amide bonds. The first kappa shape index (κ1) is 16.1. The Labute approximate surface area is 134 Å². The quantitative estimate of drug-likeness (QED) is 0.689. The highest BCUT2D eigenvalue weighted by atomic mass is 79.9. The predicted molar refractivity (Wildman–Crippen MR) is 86.9 cm³/mol. The van der Waals surface area contributed by atoms with Crippen LogP contribution in [-0.4, -0.2) is 19.8 Å². The van der Waals surface area contributed by atoms with E-state index in [1.807, 2.05) is 0 Å². The molecule has 0 bridgehead atoms. The van der Waals surface area contributed by atoms with Gasteiger partial charge in [-0.2, -0.15) is 0 Å². The van der Waals surface area contributed by atoms with E-state index < -0.39 is 0 Å². The van der Waals surface area contributed by atoms with Crippen molar-refractivity contribution in [2.75, 3.05) is 13.7 Å². The van der Waals surface area contributed by atoms with Gasteiger partial charge >= 0.3 is 0 Å². The Morgan fingerprint density at radius 2 is 2.20 bits per heavy atom. The van der Waals surface area contributed by atoms with E-state index in [4.69, 9.17) is 21.1 Å². The van der Waals surface area contributed by atoms with Gasteiger partial charge in [0.15, 0.2) is 0 Å². The van der Waals surface area contributed by atoms with E-state index in [1.165, 1.54) is 0 Å². The molecular weight excluding hydrogens is 340 g/mol. The maximum atomic E-state index is 6.84. The number of aryl methyl sites for hydroxylation is 1. The lowest BCUT2D eigenvalue weighted by molar-refractivity contribution is 0.0862. The molecule has 0 saturated carbocycles. The fourth-order valence-electron chi connectivity index (χ4n) is 3.11. The van der Waals surface area contributed by atoms with Crippen LogP contribution < -0.4 is 4.74 Å². The molecule has 0 aromatic heterocycles. The van der Waals surface area contributed by atoms with Gasteiger partial charge in [0.2, 0.25) is 0 Å². The van der Waals surface area contributed by atoms with E-state index in [9.17, 15) is 0 Å². The molecule has 0 radical (unpaired) electrons. The van der Waals surface area contributed by atoms with Gasteiger partial charge in [-0.1, -0.05) is 22.9 Å². The fraction of sp³-hybridized carbons (Fsp3) is 0.625. The maximum Gasteiger partial charge on any atom is 0.126 e. The molecule has 0 spiro atoms. The summed E-state index contributed by atoms with van der Waals surface area (Å²) in [5, 5.41) is -0.0754. The molecule has 0 N–H and O–H groups in total. The van der Waals surface area contributed by atoms with Crippen LogP contribution in [0.1, 0.15) is 41.8 Å². The number of rotatable bonds is 4. The van der Waals surface area contributed by atoms with Crippen molar-refractivity contribution in [2.24, 2.45) is 5.92 Å². The Bertz CT molecular complexity index is 490. The second kappa shape index (κ2) is 6.67. The van der Waals surface area contributed by atoms with Gasteiger partial charge in [-0.15, -0.1) is 11.6 Å². The molecular formula is C16H22BrClO2. The molecule has 3 atom stereocenters. The number of hydrogen-bond donors (Lipinski definition) is 0. The Kier molecular flexibility index (Phi) is 5.38. The summed E-state index contributed by atoms with van der Waals surface area (Å²) in [5.74, 6) is 1.26.